The number of fused-ring (bicyclic) bond motifs is 1. The summed E-state index contributed by atoms with van der Waals surface area (Å²) in [5, 5.41) is 8.18. The molecular weight excluding hydrogens is 367 g/mol. The van der Waals surface area contributed by atoms with Crippen molar-refractivity contribution in [2.24, 2.45) is 5.41 Å². The molecule has 3 rings (SSSR count). The van der Waals surface area contributed by atoms with Crippen molar-refractivity contribution in [3.8, 4) is 0 Å². The number of rotatable bonds is 1. The average molecular weight is 391 g/mol. The van der Waals surface area contributed by atoms with Crippen LogP contribution in [0.3, 0.4) is 0 Å². The van der Waals surface area contributed by atoms with Crippen molar-refractivity contribution in [2.75, 3.05) is 17.2 Å². The quantitative estimate of drug-likeness (QED) is 0.596. The lowest BCUT2D eigenvalue weighted by Gasteiger charge is -2.25. The molecule has 0 fully saturated rings. The number of ketones is 1. The summed E-state index contributed by atoms with van der Waals surface area (Å²) in [6, 6.07) is 13.3. The van der Waals surface area contributed by atoms with E-state index in [1.807, 2.05) is 30.3 Å². The van der Waals surface area contributed by atoms with Crippen LogP contribution < -0.4 is 10.6 Å². The van der Waals surface area contributed by atoms with Crippen LogP contribution in [0.5, 0.6) is 0 Å². The van der Waals surface area contributed by atoms with E-state index in [-0.39, 0.29) is 17.2 Å². The summed E-state index contributed by atoms with van der Waals surface area (Å²) in [6.07, 6.45) is 1.87. The molecule has 0 radical (unpaired) electrons. The van der Waals surface area contributed by atoms with Gasteiger partial charge in [0.15, 0.2) is 0 Å². The average Bonchev–Trinajstić information content (AvgIpc) is 2.56. The molecule has 0 aliphatic carbocycles. The molecule has 0 aromatic heterocycles. The predicted octanol–water partition coefficient (Wildman–Crippen LogP) is 6.34. The molecule has 1 aliphatic heterocycles. The van der Waals surface area contributed by atoms with E-state index in [0.717, 1.165) is 29.9 Å². The molecular formula is C21H24Cl2N2O. The monoisotopic (exact) mass is 390 g/mol. The Morgan fingerprint density at radius 2 is 1.81 bits per heavy atom. The molecule has 3 nitrogen and oxygen atoms in total. The van der Waals surface area contributed by atoms with Gasteiger partial charge in [-0.2, -0.15) is 0 Å². The van der Waals surface area contributed by atoms with Gasteiger partial charge in [0.05, 0.1) is 17.4 Å². The van der Waals surface area contributed by atoms with Crippen molar-refractivity contribution in [1.82, 2.24) is 0 Å². The van der Waals surface area contributed by atoms with E-state index in [1.54, 1.807) is 6.07 Å². The first kappa shape index (κ1) is 19.1. The van der Waals surface area contributed by atoms with E-state index in [1.165, 1.54) is 0 Å². The summed E-state index contributed by atoms with van der Waals surface area (Å²) in [7, 11) is 0. The zero-order valence-corrected chi connectivity index (χ0v) is 16.6. The first-order chi connectivity index (χ1) is 12.3. The van der Waals surface area contributed by atoms with Gasteiger partial charge in [-0.1, -0.05) is 55.2 Å². The summed E-state index contributed by atoms with van der Waals surface area (Å²) >= 11 is 12.5. The fourth-order valence-electron chi connectivity index (χ4n) is 3.43. The highest BCUT2D eigenvalue weighted by Crippen LogP contribution is 2.36. The first-order valence-corrected chi connectivity index (χ1v) is 9.66. The molecule has 0 amide bonds. The molecule has 1 heterocycles. The van der Waals surface area contributed by atoms with Crippen molar-refractivity contribution in [3.63, 3.8) is 0 Å². The van der Waals surface area contributed by atoms with Crippen molar-refractivity contribution >= 4 is 40.4 Å². The first-order valence-electron chi connectivity index (χ1n) is 8.90. The van der Waals surface area contributed by atoms with E-state index in [4.69, 9.17) is 23.2 Å². The van der Waals surface area contributed by atoms with Crippen LogP contribution in [0.25, 0.3) is 0 Å². The standard InChI is InChI=1S/C21H24Cl2N2O/c1-21(2)9-10-24-18-5-3-4-6-19(18)25-20(12-15(26)13-21)16-8-7-14(22)11-17(16)23/h3-8,11,20,24-25H,9-10,12-13H2,1-2H3. The van der Waals surface area contributed by atoms with Crippen LogP contribution in [0.1, 0.15) is 44.7 Å². The fraction of sp³-hybridized carbons (Fsp3) is 0.381. The molecule has 0 saturated heterocycles. The molecule has 0 saturated carbocycles. The van der Waals surface area contributed by atoms with Crippen LogP contribution >= 0.6 is 23.2 Å². The van der Waals surface area contributed by atoms with Crippen LogP contribution in [0.4, 0.5) is 11.4 Å². The van der Waals surface area contributed by atoms with Gasteiger partial charge in [0.2, 0.25) is 0 Å². The minimum absolute atomic E-state index is 0.0439. The summed E-state index contributed by atoms with van der Waals surface area (Å²) in [5.74, 6) is 0.234. The summed E-state index contributed by atoms with van der Waals surface area (Å²) < 4.78 is 0. The number of Topliss-reactive ketones (excluding diaryl/α,β-unsaturated/α-hetero) is 1. The smallest absolute Gasteiger partial charge is 0.135 e. The number of carbonyl (C=O) groups excluding carboxylic acids is 1. The largest absolute Gasteiger partial charge is 0.383 e. The zero-order chi connectivity index (χ0) is 18.7. The highest BCUT2D eigenvalue weighted by atomic mass is 35.5. The van der Waals surface area contributed by atoms with Gasteiger partial charge in [-0.15, -0.1) is 0 Å². The van der Waals surface area contributed by atoms with Crippen LogP contribution in [0.2, 0.25) is 10.0 Å². The number of anilines is 2. The van der Waals surface area contributed by atoms with Gasteiger partial charge in [-0.05, 0) is 41.7 Å². The Kier molecular flexibility index (Phi) is 5.79. The summed E-state index contributed by atoms with van der Waals surface area (Å²) in [5.41, 5.74) is 2.84. The summed E-state index contributed by atoms with van der Waals surface area (Å²) in [6.45, 7) is 5.12. The third-order valence-corrected chi connectivity index (χ3v) is 5.38. The van der Waals surface area contributed by atoms with Gasteiger partial charge >= 0.3 is 0 Å². The van der Waals surface area contributed by atoms with E-state index in [2.05, 4.69) is 30.5 Å². The Morgan fingerprint density at radius 1 is 1.08 bits per heavy atom. The molecule has 1 atom stereocenters. The van der Waals surface area contributed by atoms with Gasteiger partial charge in [-0.3, -0.25) is 4.79 Å². The van der Waals surface area contributed by atoms with Gasteiger partial charge in [0.25, 0.3) is 0 Å². The number of para-hydroxylation sites is 2. The number of benzene rings is 2. The topological polar surface area (TPSA) is 41.1 Å². The van der Waals surface area contributed by atoms with Crippen molar-refractivity contribution in [1.29, 1.82) is 0 Å². The van der Waals surface area contributed by atoms with E-state index < -0.39 is 0 Å². The van der Waals surface area contributed by atoms with Crippen molar-refractivity contribution < 1.29 is 4.79 Å². The maximum Gasteiger partial charge on any atom is 0.135 e. The molecule has 1 unspecified atom stereocenters. The second-order valence-electron chi connectivity index (χ2n) is 7.67. The summed E-state index contributed by atoms with van der Waals surface area (Å²) in [4.78, 5) is 12.8. The Bertz CT molecular complexity index is 804. The lowest BCUT2D eigenvalue weighted by Crippen LogP contribution is -2.22. The zero-order valence-electron chi connectivity index (χ0n) is 15.1. The second-order valence-corrected chi connectivity index (χ2v) is 8.51. The predicted molar refractivity (Wildman–Crippen MR) is 110 cm³/mol. The highest BCUT2D eigenvalue weighted by Gasteiger charge is 2.26. The maximum absolute atomic E-state index is 12.8. The third kappa shape index (κ3) is 4.72. The van der Waals surface area contributed by atoms with Crippen LogP contribution in [-0.4, -0.2) is 12.3 Å². The number of hydrogen-bond acceptors (Lipinski definition) is 3. The molecule has 0 bridgehead atoms. The number of hydrogen-bond donors (Lipinski definition) is 2. The van der Waals surface area contributed by atoms with Crippen LogP contribution in [0, 0.1) is 5.41 Å². The third-order valence-electron chi connectivity index (χ3n) is 4.82. The SMILES string of the molecule is CC1(C)CCNc2ccccc2NC(c2ccc(Cl)cc2Cl)CC(=O)C1. The normalized spacial score (nSPS) is 20.3. The molecule has 138 valence electrons. The number of nitrogens with one attached hydrogen (secondary N) is 2. The van der Waals surface area contributed by atoms with E-state index >= 15 is 0 Å². The Morgan fingerprint density at radius 3 is 2.54 bits per heavy atom. The molecule has 2 aromatic rings. The minimum atomic E-state index is -0.205. The molecule has 0 spiro atoms. The van der Waals surface area contributed by atoms with E-state index in [0.29, 0.717) is 22.9 Å². The lowest BCUT2D eigenvalue weighted by molar-refractivity contribution is -0.121. The second kappa shape index (κ2) is 7.89. The van der Waals surface area contributed by atoms with Crippen LogP contribution in [-0.2, 0) is 4.79 Å². The van der Waals surface area contributed by atoms with Crippen molar-refractivity contribution in [3.05, 3.63) is 58.1 Å². The molecule has 26 heavy (non-hydrogen) atoms. The van der Waals surface area contributed by atoms with Crippen LogP contribution in [0.15, 0.2) is 42.5 Å². The number of carbonyl (C=O) groups is 1. The molecule has 5 heteroatoms. The molecule has 1 aliphatic rings. The van der Waals surface area contributed by atoms with Gasteiger partial charge in [-0.25, -0.2) is 0 Å². The van der Waals surface area contributed by atoms with Gasteiger partial charge < -0.3 is 10.6 Å². The number of halogens is 2. The van der Waals surface area contributed by atoms with E-state index in [9.17, 15) is 4.79 Å². The molecule has 2 aromatic carbocycles. The Balaban J connectivity index is 2.00. The minimum Gasteiger partial charge on any atom is -0.383 e. The maximum atomic E-state index is 12.8. The van der Waals surface area contributed by atoms with Gasteiger partial charge in [0, 0.05) is 29.4 Å². The van der Waals surface area contributed by atoms with Gasteiger partial charge in [0.1, 0.15) is 5.78 Å². The lowest BCUT2D eigenvalue weighted by atomic mass is 9.82. The van der Waals surface area contributed by atoms with Crippen molar-refractivity contribution in [2.45, 2.75) is 39.2 Å². The molecule has 2 N–H and O–H groups in total. The fourth-order valence-corrected chi connectivity index (χ4v) is 3.97. The Hall–Kier alpha value is -1.71. The highest BCUT2D eigenvalue weighted by molar-refractivity contribution is 6.35. The Labute approximate surface area is 165 Å².